The second-order valence-electron chi connectivity index (χ2n) is 5.62. The van der Waals surface area contributed by atoms with Crippen LogP contribution in [0.3, 0.4) is 0 Å². The third-order valence-electron chi connectivity index (χ3n) is 3.85. The molecule has 1 fully saturated rings. The molecule has 1 aromatic heterocycles. The predicted molar refractivity (Wildman–Crippen MR) is 82.2 cm³/mol. The maximum atomic E-state index is 12.7. The number of nitrogens with one attached hydrogen (secondary N) is 1. The highest BCUT2D eigenvalue weighted by atomic mass is 35.5. The smallest absolute Gasteiger partial charge is 0.270 e. The van der Waals surface area contributed by atoms with Gasteiger partial charge >= 0.3 is 0 Å². The Balaban J connectivity index is 2.06. The van der Waals surface area contributed by atoms with Crippen molar-refractivity contribution < 1.29 is 4.79 Å². The molecule has 1 aliphatic heterocycles. The van der Waals surface area contributed by atoms with Crippen LogP contribution in [-0.4, -0.2) is 41.6 Å². The second-order valence-corrected chi connectivity index (χ2v) is 6.05. The Morgan fingerprint density at radius 1 is 1.60 bits per heavy atom. The summed E-state index contributed by atoms with van der Waals surface area (Å²) in [5.41, 5.74) is 0.673. The Morgan fingerprint density at radius 2 is 2.40 bits per heavy atom. The number of hydrogen-bond acceptors (Lipinski definition) is 2. The summed E-state index contributed by atoms with van der Waals surface area (Å²) in [6.45, 7) is 5.87. The Morgan fingerprint density at radius 3 is 2.95 bits per heavy atom. The zero-order chi connectivity index (χ0) is 14.5. The number of piperidine rings is 1. The average Bonchev–Trinajstić information content (AvgIpc) is 2.77. The number of halogens is 1. The molecule has 1 aromatic rings. The number of carbonyl (C=O) groups excluding carboxylic acids is 1. The molecular weight excluding hydrogens is 274 g/mol. The van der Waals surface area contributed by atoms with Crippen LogP contribution in [0.15, 0.2) is 12.3 Å². The van der Waals surface area contributed by atoms with E-state index in [2.05, 4.69) is 12.2 Å². The van der Waals surface area contributed by atoms with Gasteiger partial charge in [0.25, 0.3) is 5.91 Å². The molecule has 1 amide bonds. The Hall–Kier alpha value is -1.00. The normalized spacial score (nSPS) is 19.1. The minimum Gasteiger partial charge on any atom is -0.345 e. The first kappa shape index (κ1) is 15.4. The maximum absolute atomic E-state index is 12.7. The van der Waals surface area contributed by atoms with Gasteiger partial charge in [0.1, 0.15) is 5.69 Å². The van der Waals surface area contributed by atoms with Crippen LogP contribution in [-0.2, 0) is 7.05 Å². The van der Waals surface area contributed by atoms with E-state index in [4.69, 9.17) is 11.6 Å². The quantitative estimate of drug-likeness (QED) is 0.907. The van der Waals surface area contributed by atoms with E-state index < -0.39 is 0 Å². The first-order chi connectivity index (χ1) is 9.61. The SMILES string of the molecule is CCCN(CC1CCCNC1)C(=O)c1cc(Cl)cn1C. The Kier molecular flexibility index (Phi) is 5.49. The van der Waals surface area contributed by atoms with E-state index in [1.807, 2.05) is 16.5 Å². The summed E-state index contributed by atoms with van der Waals surface area (Å²) in [6, 6.07) is 1.76. The van der Waals surface area contributed by atoms with Crippen molar-refractivity contribution in [3.8, 4) is 0 Å². The monoisotopic (exact) mass is 297 g/mol. The Labute approximate surface area is 126 Å². The molecule has 112 valence electrons. The van der Waals surface area contributed by atoms with Gasteiger partial charge < -0.3 is 14.8 Å². The molecule has 2 rings (SSSR count). The molecule has 1 N–H and O–H groups in total. The van der Waals surface area contributed by atoms with Crippen LogP contribution in [0.2, 0.25) is 5.02 Å². The van der Waals surface area contributed by atoms with Crippen molar-refractivity contribution in [2.75, 3.05) is 26.2 Å². The molecule has 0 spiro atoms. The van der Waals surface area contributed by atoms with Gasteiger partial charge in [0.15, 0.2) is 0 Å². The fourth-order valence-corrected chi connectivity index (χ4v) is 3.09. The van der Waals surface area contributed by atoms with Gasteiger partial charge in [-0.05, 0) is 44.3 Å². The second kappa shape index (κ2) is 7.14. The summed E-state index contributed by atoms with van der Waals surface area (Å²) in [6.07, 6.45) is 5.16. The molecule has 0 aromatic carbocycles. The molecule has 1 aliphatic rings. The fourth-order valence-electron chi connectivity index (χ4n) is 2.84. The van der Waals surface area contributed by atoms with E-state index in [9.17, 15) is 4.79 Å². The molecule has 1 unspecified atom stereocenters. The molecular formula is C15H24ClN3O. The summed E-state index contributed by atoms with van der Waals surface area (Å²) in [5.74, 6) is 0.654. The first-order valence-electron chi connectivity index (χ1n) is 7.43. The van der Waals surface area contributed by atoms with Crippen LogP contribution in [0.4, 0.5) is 0 Å². The van der Waals surface area contributed by atoms with Crippen molar-refractivity contribution in [3.05, 3.63) is 23.0 Å². The number of rotatable bonds is 5. The number of nitrogens with zero attached hydrogens (tertiary/aromatic N) is 2. The highest BCUT2D eigenvalue weighted by Crippen LogP contribution is 2.17. The third kappa shape index (κ3) is 3.76. The number of carbonyl (C=O) groups is 1. The van der Waals surface area contributed by atoms with Crippen LogP contribution >= 0.6 is 11.6 Å². The standard InChI is InChI=1S/C15H24ClN3O/c1-3-7-19(10-12-5-4-6-17-9-12)15(20)14-8-13(16)11-18(14)2/h8,11-12,17H,3-7,9-10H2,1-2H3. The minimum atomic E-state index is 0.0897. The number of aryl methyl sites for hydroxylation is 1. The van der Waals surface area contributed by atoms with E-state index in [0.29, 0.717) is 16.6 Å². The number of aromatic nitrogens is 1. The molecule has 5 heteroatoms. The fraction of sp³-hybridized carbons (Fsp3) is 0.667. The number of hydrogen-bond donors (Lipinski definition) is 1. The Bertz CT molecular complexity index is 452. The van der Waals surface area contributed by atoms with Gasteiger partial charge in [0.2, 0.25) is 0 Å². The van der Waals surface area contributed by atoms with Crippen LogP contribution in [0.25, 0.3) is 0 Å². The van der Waals surface area contributed by atoms with Gasteiger partial charge in [-0.3, -0.25) is 4.79 Å². The lowest BCUT2D eigenvalue weighted by molar-refractivity contribution is 0.0709. The van der Waals surface area contributed by atoms with Gasteiger partial charge in [-0.1, -0.05) is 18.5 Å². The van der Waals surface area contributed by atoms with E-state index >= 15 is 0 Å². The van der Waals surface area contributed by atoms with Crippen molar-refractivity contribution in [1.82, 2.24) is 14.8 Å². The molecule has 0 aliphatic carbocycles. The van der Waals surface area contributed by atoms with Crippen molar-refractivity contribution in [2.45, 2.75) is 26.2 Å². The van der Waals surface area contributed by atoms with Gasteiger partial charge in [0.05, 0.1) is 5.02 Å². The van der Waals surface area contributed by atoms with Gasteiger partial charge in [-0.2, -0.15) is 0 Å². The lowest BCUT2D eigenvalue weighted by atomic mass is 9.99. The summed E-state index contributed by atoms with van der Waals surface area (Å²) in [5, 5.41) is 4.03. The van der Waals surface area contributed by atoms with Crippen LogP contribution in [0.1, 0.15) is 36.7 Å². The molecule has 0 radical (unpaired) electrons. The van der Waals surface area contributed by atoms with E-state index in [1.165, 1.54) is 12.8 Å². The van der Waals surface area contributed by atoms with Gasteiger partial charge in [-0.15, -0.1) is 0 Å². The molecule has 0 bridgehead atoms. The lowest BCUT2D eigenvalue weighted by Gasteiger charge is -2.30. The van der Waals surface area contributed by atoms with Crippen LogP contribution in [0.5, 0.6) is 0 Å². The molecule has 1 atom stereocenters. The van der Waals surface area contributed by atoms with Gasteiger partial charge in [0, 0.05) is 26.3 Å². The highest BCUT2D eigenvalue weighted by Gasteiger charge is 2.23. The molecule has 20 heavy (non-hydrogen) atoms. The minimum absolute atomic E-state index is 0.0897. The molecule has 4 nitrogen and oxygen atoms in total. The van der Waals surface area contributed by atoms with E-state index in [-0.39, 0.29) is 5.91 Å². The van der Waals surface area contributed by atoms with Crippen molar-refractivity contribution in [2.24, 2.45) is 13.0 Å². The summed E-state index contributed by atoms with van der Waals surface area (Å²) >= 11 is 5.98. The molecule has 0 saturated carbocycles. The summed E-state index contributed by atoms with van der Waals surface area (Å²) < 4.78 is 1.81. The highest BCUT2D eigenvalue weighted by molar-refractivity contribution is 6.31. The zero-order valence-corrected chi connectivity index (χ0v) is 13.1. The van der Waals surface area contributed by atoms with Crippen LogP contribution in [0, 0.1) is 5.92 Å². The van der Waals surface area contributed by atoms with Gasteiger partial charge in [-0.25, -0.2) is 0 Å². The van der Waals surface area contributed by atoms with Crippen molar-refractivity contribution in [1.29, 1.82) is 0 Å². The van der Waals surface area contributed by atoms with Crippen molar-refractivity contribution in [3.63, 3.8) is 0 Å². The average molecular weight is 298 g/mol. The molecule has 2 heterocycles. The zero-order valence-electron chi connectivity index (χ0n) is 12.4. The third-order valence-corrected chi connectivity index (χ3v) is 4.06. The maximum Gasteiger partial charge on any atom is 0.270 e. The number of amides is 1. The van der Waals surface area contributed by atoms with Crippen molar-refractivity contribution >= 4 is 17.5 Å². The largest absolute Gasteiger partial charge is 0.345 e. The lowest BCUT2D eigenvalue weighted by Crippen LogP contribution is -2.41. The van der Waals surface area contributed by atoms with E-state index in [0.717, 1.165) is 32.6 Å². The summed E-state index contributed by atoms with van der Waals surface area (Å²) in [4.78, 5) is 14.6. The van der Waals surface area contributed by atoms with E-state index in [1.54, 1.807) is 12.3 Å². The summed E-state index contributed by atoms with van der Waals surface area (Å²) in [7, 11) is 1.87. The first-order valence-corrected chi connectivity index (χ1v) is 7.81. The predicted octanol–water partition coefficient (Wildman–Crippen LogP) is 2.53. The molecule has 1 saturated heterocycles. The van der Waals surface area contributed by atoms with Crippen LogP contribution < -0.4 is 5.32 Å². The topological polar surface area (TPSA) is 37.3 Å².